The first-order valence-electron chi connectivity index (χ1n) is 8.09. The van der Waals surface area contributed by atoms with Gasteiger partial charge in [0.15, 0.2) is 11.6 Å². The molecule has 0 spiro atoms. The lowest BCUT2D eigenvalue weighted by Gasteiger charge is -2.15. The quantitative estimate of drug-likeness (QED) is 0.558. The molecule has 0 heterocycles. The molecule has 0 saturated carbocycles. The number of ether oxygens (including phenoxy) is 1. The van der Waals surface area contributed by atoms with Gasteiger partial charge >= 0.3 is 0 Å². The van der Waals surface area contributed by atoms with E-state index in [0.29, 0.717) is 5.02 Å². The molecule has 26 heavy (non-hydrogen) atoms. The third-order valence-electron chi connectivity index (χ3n) is 4.25. The highest BCUT2D eigenvalue weighted by Gasteiger charge is 2.13. The van der Waals surface area contributed by atoms with Crippen molar-refractivity contribution in [2.75, 3.05) is 7.11 Å². The molecule has 3 aromatic rings. The molecule has 1 N–H and O–H groups in total. The van der Waals surface area contributed by atoms with Crippen LogP contribution in [0.1, 0.15) is 23.6 Å². The van der Waals surface area contributed by atoms with Crippen molar-refractivity contribution in [2.45, 2.75) is 6.92 Å². The first-order chi connectivity index (χ1) is 12.5. The molecule has 3 rings (SSSR count). The molecule has 3 aromatic carbocycles. The van der Waals surface area contributed by atoms with Crippen molar-refractivity contribution in [2.24, 2.45) is 0 Å². The number of allylic oxidation sites excluding steroid dienone is 1. The lowest BCUT2D eigenvalue weighted by Crippen LogP contribution is -1.95. The molecule has 0 radical (unpaired) electrons. The van der Waals surface area contributed by atoms with Crippen molar-refractivity contribution in [1.29, 1.82) is 0 Å². The van der Waals surface area contributed by atoms with Crippen LogP contribution in [-0.4, -0.2) is 12.2 Å². The molecule has 2 nitrogen and oxygen atoms in total. The van der Waals surface area contributed by atoms with Gasteiger partial charge in [-0.1, -0.05) is 41.9 Å². The molecular formula is C22H18ClFO2. The number of benzene rings is 3. The number of methoxy groups -OCH3 is 1. The van der Waals surface area contributed by atoms with Crippen LogP contribution in [-0.2, 0) is 0 Å². The Morgan fingerprint density at radius 1 is 0.885 bits per heavy atom. The summed E-state index contributed by atoms with van der Waals surface area (Å²) in [6, 6.07) is 19.3. The van der Waals surface area contributed by atoms with Gasteiger partial charge in [-0.25, -0.2) is 4.39 Å². The summed E-state index contributed by atoms with van der Waals surface area (Å²) in [5.41, 5.74) is 4.46. The molecule has 132 valence electrons. The molecule has 0 aliphatic heterocycles. The van der Waals surface area contributed by atoms with Gasteiger partial charge in [-0.2, -0.15) is 0 Å². The lowest BCUT2D eigenvalue weighted by molar-refractivity contribution is 0.386. The van der Waals surface area contributed by atoms with Gasteiger partial charge in [-0.3, -0.25) is 0 Å². The van der Waals surface area contributed by atoms with Gasteiger partial charge in [0.05, 0.1) is 7.11 Å². The van der Waals surface area contributed by atoms with Crippen LogP contribution in [0.15, 0.2) is 66.7 Å². The highest BCUT2D eigenvalue weighted by molar-refractivity contribution is 6.30. The van der Waals surface area contributed by atoms with Crippen LogP contribution in [0.25, 0.3) is 11.1 Å². The predicted molar refractivity (Wildman–Crippen MR) is 104 cm³/mol. The van der Waals surface area contributed by atoms with Gasteiger partial charge in [-0.15, -0.1) is 0 Å². The van der Waals surface area contributed by atoms with Crippen LogP contribution < -0.4 is 4.74 Å². The number of hydrogen-bond donors (Lipinski definition) is 1. The van der Waals surface area contributed by atoms with Crippen molar-refractivity contribution in [3.05, 3.63) is 94.3 Å². The van der Waals surface area contributed by atoms with Crippen LogP contribution in [0.5, 0.6) is 11.5 Å². The Labute approximate surface area is 157 Å². The van der Waals surface area contributed by atoms with E-state index >= 15 is 0 Å². The van der Waals surface area contributed by atoms with Crippen LogP contribution >= 0.6 is 11.6 Å². The van der Waals surface area contributed by atoms with Gasteiger partial charge in [-0.05, 0) is 71.2 Å². The molecule has 0 fully saturated rings. The summed E-state index contributed by atoms with van der Waals surface area (Å²) in [6.07, 6.45) is 0. The zero-order chi connectivity index (χ0) is 18.7. The molecule has 0 aliphatic carbocycles. The van der Waals surface area contributed by atoms with E-state index in [4.69, 9.17) is 16.3 Å². The van der Waals surface area contributed by atoms with Crippen molar-refractivity contribution in [3.63, 3.8) is 0 Å². The fourth-order valence-electron chi connectivity index (χ4n) is 2.89. The van der Waals surface area contributed by atoms with Crippen LogP contribution in [0.4, 0.5) is 4.39 Å². The fraction of sp³-hybridized carbons (Fsp3) is 0.0909. The summed E-state index contributed by atoms with van der Waals surface area (Å²) < 4.78 is 19.2. The number of hydrogen-bond acceptors (Lipinski definition) is 2. The van der Waals surface area contributed by atoms with Crippen molar-refractivity contribution in [1.82, 2.24) is 0 Å². The first-order valence-corrected chi connectivity index (χ1v) is 8.47. The minimum Gasteiger partial charge on any atom is -0.508 e. The Morgan fingerprint density at radius 2 is 1.42 bits per heavy atom. The van der Waals surface area contributed by atoms with E-state index in [2.05, 4.69) is 0 Å². The normalized spacial score (nSPS) is 11.8. The van der Waals surface area contributed by atoms with Crippen molar-refractivity contribution < 1.29 is 14.2 Å². The van der Waals surface area contributed by atoms with E-state index < -0.39 is 5.82 Å². The molecule has 0 saturated heterocycles. The smallest absolute Gasteiger partial charge is 0.165 e. The highest BCUT2D eigenvalue weighted by atomic mass is 35.5. The van der Waals surface area contributed by atoms with Crippen LogP contribution in [0.2, 0.25) is 5.02 Å². The van der Waals surface area contributed by atoms with E-state index in [9.17, 15) is 9.50 Å². The predicted octanol–water partition coefficient (Wildman–Crippen LogP) is 6.17. The van der Waals surface area contributed by atoms with E-state index in [-0.39, 0.29) is 11.5 Å². The monoisotopic (exact) mass is 368 g/mol. The molecule has 0 aliphatic rings. The van der Waals surface area contributed by atoms with Crippen molar-refractivity contribution >= 4 is 22.7 Å². The molecule has 0 unspecified atom stereocenters. The third kappa shape index (κ3) is 3.73. The summed E-state index contributed by atoms with van der Waals surface area (Å²) >= 11 is 6.02. The average Bonchev–Trinajstić information content (AvgIpc) is 2.65. The average molecular weight is 369 g/mol. The van der Waals surface area contributed by atoms with E-state index in [1.54, 1.807) is 18.2 Å². The zero-order valence-corrected chi connectivity index (χ0v) is 15.2. The summed E-state index contributed by atoms with van der Waals surface area (Å²) in [7, 11) is 1.44. The lowest BCUT2D eigenvalue weighted by atomic mass is 9.90. The Bertz CT molecular complexity index is 897. The van der Waals surface area contributed by atoms with Gasteiger partial charge in [0.1, 0.15) is 5.75 Å². The SMILES string of the molecule is COc1ccc(/C(C)=C(/c2ccc(O)cc2)c2ccc(Cl)cc2)cc1F. The number of aromatic hydroxyl groups is 1. The molecule has 4 heteroatoms. The molecule has 0 aromatic heterocycles. The van der Waals surface area contributed by atoms with E-state index in [1.165, 1.54) is 13.2 Å². The minimum absolute atomic E-state index is 0.192. The second-order valence-electron chi connectivity index (χ2n) is 5.90. The summed E-state index contributed by atoms with van der Waals surface area (Å²) in [4.78, 5) is 0. The maximum atomic E-state index is 14.2. The number of rotatable bonds is 4. The number of phenolic OH excluding ortho intramolecular Hbond substituents is 1. The first kappa shape index (κ1) is 18.0. The Balaban J connectivity index is 2.21. The largest absolute Gasteiger partial charge is 0.508 e. The highest BCUT2D eigenvalue weighted by Crippen LogP contribution is 2.34. The maximum absolute atomic E-state index is 14.2. The molecule has 0 amide bonds. The topological polar surface area (TPSA) is 29.5 Å². The van der Waals surface area contributed by atoms with Gasteiger partial charge in [0.2, 0.25) is 0 Å². The van der Waals surface area contributed by atoms with E-state index in [1.807, 2.05) is 49.4 Å². The number of phenols is 1. The molecule has 0 atom stereocenters. The molecular weight excluding hydrogens is 351 g/mol. The number of halogens is 2. The Kier molecular flexibility index (Phi) is 5.29. The summed E-state index contributed by atoms with van der Waals surface area (Å²) in [5.74, 6) is -0.0120. The zero-order valence-electron chi connectivity index (χ0n) is 14.5. The third-order valence-corrected chi connectivity index (χ3v) is 4.50. The fourth-order valence-corrected chi connectivity index (χ4v) is 3.01. The van der Waals surface area contributed by atoms with Crippen LogP contribution in [0.3, 0.4) is 0 Å². The van der Waals surface area contributed by atoms with Gasteiger partial charge in [0, 0.05) is 5.02 Å². The van der Waals surface area contributed by atoms with Crippen LogP contribution in [0, 0.1) is 5.82 Å². The second kappa shape index (κ2) is 7.63. The van der Waals surface area contributed by atoms with Gasteiger partial charge in [0.25, 0.3) is 0 Å². The second-order valence-corrected chi connectivity index (χ2v) is 6.34. The summed E-state index contributed by atoms with van der Waals surface area (Å²) in [5, 5.41) is 10.2. The standard InChI is InChI=1S/C22H18ClFO2/c1-14(17-7-12-21(26-2)20(24)13-17)22(15-3-8-18(23)9-4-15)16-5-10-19(25)11-6-16/h3-13,25H,1-2H3/b22-14+. The maximum Gasteiger partial charge on any atom is 0.165 e. The molecule has 0 bridgehead atoms. The Hall–Kier alpha value is -2.78. The van der Waals surface area contributed by atoms with E-state index in [0.717, 1.165) is 27.8 Å². The van der Waals surface area contributed by atoms with Gasteiger partial charge < -0.3 is 9.84 Å². The Morgan fingerprint density at radius 3 is 1.96 bits per heavy atom. The van der Waals surface area contributed by atoms with Crippen molar-refractivity contribution in [3.8, 4) is 11.5 Å². The minimum atomic E-state index is -0.412. The summed E-state index contributed by atoms with van der Waals surface area (Å²) in [6.45, 7) is 1.94.